The molecule has 6 heterocycles. The van der Waals surface area contributed by atoms with Gasteiger partial charge in [-0.05, 0) is 80.0 Å². The van der Waals surface area contributed by atoms with Gasteiger partial charge in [0.15, 0.2) is 11.6 Å². The Morgan fingerprint density at radius 3 is 2.70 bits per heavy atom. The van der Waals surface area contributed by atoms with Crippen molar-refractivity contribution in [1.29, 1.82) is 0 Å². The number of carbonyl (C=O) groups is 1. The molecule has 1 aliphatic heterocycles. The van der Waals surface area contributed by atoms with E-state index in [1.165, 1.54) is 12.8 Å². The highest BCUT2D eigenvalue weighted by Gasteiger charge is 2.47. The average molecular weight is 648 g/mol. The van der Waals surface area contributed by atoms with E-state index in [-0.39, 0.29) is 18.0 Å². The summed E-state index contributed by atoms with van der Waals surface area (Å²) in [6.07, 6.45) is 11.7. The number of methoxy groups -OCH3 is 1. The molecule has 3 atom stereocenters. The summed E-state index contributed by atoms with van der Waals surface area (Å²) in [5.41, 5.74) is 11.4. The lowest BCUT2D eigenvalue weighted by Gasteiger charge is -2.27. The minimum Gasteiger partial charge on any atom is -0.494 e. The highest BCUT2D eigenvalue weighted by molar-refractivity contribution is 6.30. The molecule has 238 valence electrons. The second-order valence-electron chi connectivity index (χ2n) is 13.1. The van der Waals surface area contributed by atoms with Gasteiger partial charge in [0.25, 0.3) is 5.91 Å². The van der Waals surface area contributed by atoms with Crippen molar-refractivity contribution in [3.05, 3.63) is 83.4 Å². The number of aromatic nitrogens is 7. The number of halogens is 1. The Morgan fingerprint density at radius 2 is 1.96 bits per heavy atom. The van der Waals surface area contributed by atoms with Gasteiger partial charge in [-0.2, -0.15) is 5.10 Å². The zero-order chi connectivity index (χ0) is 31.8. The number of nitrogens with two attached hydrogens (primary N) is 1. The SMILES string of the molecule is COc1cc(C(=O)N2CC3CCC2C3N)cc2nc(-c3cc4cccnc4n3CC3CC3)n(Cc3cnn(-c4ccc(Cl)cn4)c3)c12. The van der Waals surface area contributed by atoms with Crippen molar-refractivity contribution < 1.29 is 9.53 Å². The molecule has 1 amide bonds. The van der Waals surface area contributed by atoms with E-state index in [0.717, 1.165) is 53.0 Å². The summed E-state index contributed by atoms with van der Waals surface area (Å²) in [5.74, 6) is 3.01. The van der Waals surface area contributed by atoms with Gasteiger partial charge in [0.1, 0.15) is 16.9 Å². The first-order valence-corrected chi connectivity index (χ1v) is 16.6. The summed E-state index contributed by atoms with van der Waals surface area (Å²) in [4.78, 5) is 30.4. The number of likely N-dealkylation sites (tertiary alicyclic amines) is 1. The Bertz CT molecular complexity index is 2160. The molecule has 1 aromatic carbocycles. The van der Waals surface area contributed by atoms with E-state index in [1.54, 1.807) is 24.1 Å². The number of piperidine rings is 1. The number of amides is 1. The van der Waals surface area contributed by atoms with Gasteiger partial charge in [0.05, 0.1) is 36.1 Å². The van der Waals surface area contributed by atoms with Gasteiger partial charge < -0.3 is 24.5 Å². The molecule has 5 aromatic heterocycles. The zero-order valence-corrected chi connectivity index (χ0v) is 26.7. The third kappa shape index (κ3) is 4.79. The Balaban J connectivity index is 1.19. The summed E-state index contributed by atoms with van der Waals surface area (Å²) in [7, 11) is 1.64. The van der Waals surface area contributed by atoms with Crippen LogP contribution in [0.15, 0.2) is 67.3 Å². The van der Waals surface area contributed by atoms with Gasteiger partial charge in [-0.1, -0.05) is 11.6 Å². The largest absolute Gasteiger partial charge is 0.494 e. The van der Waals surface area contributed by atoms with Crippen LogP contribution in [-0.4, -0.2) is 70.4 Å². The maximum atomic E-state index is 13.9. The molecule has 0 spiro atoms. The second-order valence-corrected chi connectivity index (χ2v) is 13.6. The molecule has 3 unspecified atom stereocenters. The number of benzene rings is 1. The fourth-order valence-corrected chi connectivity index (χ4v) is 7.69. The molecular formula is C35H34ClN9O2. The first-order valence-electron chi connectivity index (χ1n) is 16.2. The maximum absolute atomic E-state index is 13.9. The Kier molecular flexibility index (Phi) is 6.62. The van der Waals surface area contributed by atoms with Crippen LogP contribution in [0.2, 0.25) is 5.02 Å². The van der Waals surface area contributed by atoms with Crippen molar-refractivity contribution in [2.75, 3.05) is 13.7 Å². The molecule has 3 fully saturated rings. The van der Waals surface area contributed by atoms with Crippen LogP contribution in [0.3, 0.4) is 0 Å². The smallest absolute Gasteiger partial charge is 0.254 e. The summed E-state index contributed by atoms with van der Waals surface area (Å²) in [5, 5.41) is 6.23. The lowest BCUT2D eigenvalue weighted by Crippen LogP contribution is -2.41. The first kappa shape index (κ1) is 28.5. The molecule has 9 rings (SSSR count). The van der Waals surface area contributed by atoms with Gasteiger partial charge in [0, 0.05) is 60.3 Å². The number of fused-ring (bicyclic) bond motifs is 4. The summed E-state index contributed by atoms with van der Waals surface area (Å²) >= 11 is 6.08. The lowest BCUT2D eigenvalue weighted by molar-refractivity contribution is 0.0700. The molecule has 3 aliphatic rings. The van der Waals surface area contributed by atoms with E-state index in [9.17, 15) is 4.79 Å². The predicted molar refractivity (Wildman–Crippen MR) is 179 cm³/mol. The summed E-state index contributed by atoms with van der Waals surface area (Å²) < 4.78 is 12.2. The average Bonchev–Trinajstić information content (AvgIpc) is 3.39. The fraction of sp³-hybridized carbons (Fsp3) is 0.343. The van der Waals surface area contributed by atoms with Crippen LogP contribution in [-0.2, 0) is 13.1 Å². The van der Waals surface area contributed by atoms with Crippen molar-refractivity contribution in [1.82, 2.24) is 38.8 Å². The van der Waals surface area contributed by atoms with Crippen LogP contribution in [0.1, 0.15) is 41.6 Å². The first-order chi connectivity index (χ1) is 22.9. The molecule has 12 heteroatoms. The normalized spacial score (nSPS) is 20.6. The van der Waals surface area contributed by atoms with E-state index in [1.807, 2.05) is 47.8 Å². The number of hydrogen-bond donors (Lipinski definition) is 1. The molecule has 2 aliphatic carbocycles. The quantitative estimate of drug-likeness (QED) is 0.237. The van der Waals surface area contributed by atoms with Crippen LogP contribution >= 0.6 is 11.6 Å². The molecule has 2 saturated carbocycles. The third-order valence-electron chi connectivity index (χ3n) is 10.1. The van der Waals surface area contributed by atoms with Crippen molar-refractivity contribution in [2.24, 2.45) is 17.6 Å². The minimum atomic E-state index is -0.0206. The fourth-order valence-electron chi connectivity index (χ4n) is 7.58. The molecule has 11 nitrogen and oxygen atoms in total. The number of imidazole rings is 1. The van der Waals surface area contributed by atoms with Crippen LogP contribution < -0.4 is 10.5 Å². The predicted octanol–water partition coefficient (Wildman–Crippen LogP) is 5.32. The van der Waals surface area contributed by atoms with E-state index in [4.69, 9.17) is 32.0 Å². The highest BCUT2D eigenvalue weighted by atomic mass is 35.5. The number of ether oxygens (including phenoxy) is 1. The third-order valence-corrected chi connectivity index (χ3v) is 10.4. The number of hydrogen-bond acceptors (Lipinski definition) is 7. The van der Waals surface area contributed by atoms with Crippen molar-refractivity contribution in [2.45, 2.75) is 50.9 Å². The van der Waals surface area contributed by atoms with Crippen LogP contribution in [0, 0.1) is 11.8 Å². The van der Waals surface area contributed by atoms with Crippen molar-refractivity contribution in [3.8, 4) is 23.1 Å². The van der Waals surface area contributed by atoms with Gasteiger partial charge in [0.2, 0.25) is 0 Å². The number of rotatable bonds is 8. The minimum absolute atomic E-state index is 0.0206. The molecule has 6 aromatic rings. The Labute approximate surface area is 275 Å². The number of carbonyl (C=O) groups excluding carboxylic acids is 1. The van der Waals surface area contributed by atoms with Gasteiger partial charge in [-0.3, -0.25) is 4.79 Å². The second kappa shape index (κ2) is 10.9. The Hall–Kier alpha value is -4.74. The van der Waals surface area contributed by atoms with Crippen LogP contribution in [0.4, 0.5) is 0 Å². The van der Waals surface area contributed by atoms with Crippen LogP contribution in [0.25, 0.3) is 39.4 Å². The maximum Gasteiger partial charge on any atom is 0.254 e. The molecule has 2 bridgehead atoms. The zero-order valence-electron chi connectivity index (χ0n) is 26.0. The number of nitrogens with zero attached hydrogens (tertiary/aromatic N) is 8. The lowest BCUT2D eigenvalue weighted by atomic mass is 10.1. The monoisotopic (exact) mass is 647 g/mol. The molecular weight excluding hydrogens is 614 g/mol. The standard InChI is InChI=1S/C35H34ClN9O2/c1-47-29-13-24(35(46)43-19-23-6-8-27(43)31(23)37)11-26-32(29)44(17-21-14-40-45(18-21)30-9-7-25(36)15-39-30)34(41-26)28-12-22-3-2-10-38-33(22)42(28)16-20-4-5-20/h2-3,7,9-15,18,20,23,27,31H,4-6,8,16-17,19,37H2,1H3. The molecule has 1 saturated heterocycles. The van der Waals surface area contributed by atoms with E-state index >= 15 is 0 Å². The van der Waals surface area contributed by atoms with E-state index < -0.39 is 0 Å². The number of pyridine rings is 2. The molecule has 0 radical (unpaired) electrons. The Morgan fingerprint density at radius 1 is 1.06 bits per heavy atom. The summed E-state index contributed by atoms with van der Waals surface area (Å²) in [6, 6.07) is 13.7. The van der Waals surface area contributed by atoms with Gasteiger partial charge >= 0.3 is 0 Å². The molecule has 2 N–H and O–H groups in total. The van der Waals surface area contributed by atoms with Crippen molar-refractivity contribution >= 4 is 39.6 Å². The molecule has 47 heavy (non-hydrogen) atoms. The van der Waals surface area contributed by atoms with Gasteiger partial charge in [-0.25, -0.2) is 19.6 Å². The topological polar surface area (TPSA) is 122 Å². The summed E-state index contributed by atoms with van der Waals surface area (Å²) in [6.45, 7) is 2.04. The van der Waals surface area contributed by atoms with Crippen LogP contribution in [0.5, 0.6) is 5.75 Å². The van der Waals surface area contributed by atoms with Gasteiger partial charge in [-0.15, -0.1) is 0 Å². The van der Waals surface area contributed by atoms with Crippen molar-refractivity contribution in [3.63, 3.8) is 0 Å². The van der Waals surface area contributed by atoms with E-state index in [0.29, 0.717) is 52.6 Å². The van der Waals surface area contributed by atoms with E-state index in [2.05, 4.69) is 31.3 Å². The highest BCUT2D eigenvalue weighted by Crippen LogP contribution is 2.40.